The lowest BCUT2D eigenvalue weighted by Crippen LogP contribution is -2.44. The summed E-state index contributed by atoms with van der Waals surface area (Å²) in [6.45, 7) is 5.99. The molecule has 2 aromatic rings. The Morgan fingerprint density at radius 1 is 1.32 bits per heavy atom. The molecule has 1 saturated heterocycles. The van der Waals surface area contributed by atoms with E-state index in [0.29, 0.717) is 12.5 Å². The lowest BCUT2D eigenvalue weighted by molar-refractivity contribution is 0.0136. The fraction of sp³-hybridized carbons (Fsp3) is 0.476. The molecule has 1 aromatic carbocycles. The summed E-state index contributed by atoms with van der Waals surface area (Å²) in [5, 5.41) is 2.86. The van der Waals surface area contributed by atoms with E-state index in [9.17, 15) is 4.79 Å². The van der Waals surface area contributed by atoms with Crippen LogP contribution in [0.3, 0.4) is 0 Å². The maximum absolute atomic E-state index is 11.9. The smallest absolute Gasteiger partial charge is 0.407 e. The highest BCUT2D eigenvalue weighted by atomic mass is 16.6. The zero-order chi connectivity index (χ0) is 20.1. The molecule has 0 saturated carbocycles. The summed E-state index contributed by atoms with van der Waals surface area (Å²) in [5.74, 6) is 0.485. The van der Waals surface area contributed by atoms with Gasteiger partial charge >= 0.3 is 6.09 Å². The van der Waals surface area contributed by atoms with E-state index >= 15 is 0 Å². The summed E-state index contributed by atoms with van der Waals surface area (Å²) in [4.78, 5) is 20.7. The van der Waals surface area contributed by atoms with Crippen LogP contribution >= 0.6 is 0 Å². The van der Waals surface area contributed by atoms with Gasteiger partial charge in [0.25, 0.3) is 0 Å². The minimum Gasteiger partial charge on any atom is -0.480 e. The third-order valence-electron chi connectivity index (χ3n) is 4.31. The van der Waals surface area contributed by atoms with Crippen LogP contribution in [0.5, 0.6) is 5.88 Å². The molecule has 28 heavy (non-hydrogen) atoms. The summed E-state index contributed by atoms with van der Waals surface area (Å²) in [5.41, 5.74) is 2.06. The van der Waals surface area contributed by atoms with Crippen molar-refractivity contribution in [3.8, 4) is 5.88 Å². The molecule has 3 rings (SSSR count). The van der Waals surface area contributed by atoms with Gasteiger partial charge in [0.2, 0.25) is 5.88 Å². The van der Waals surface area contributed by atoms with Crippen LogP contribution in [-0.2, 0) is 9.47 Å². The van der Waals surface area contributed by atoms with Gasteiger partial charge in [-0.3, -0.25) is 0 Å². The number of hydrogen-bond acceptors (Lipinski definition) is 6. The Balaban J connectivity index is 1.58. The third-order valence-corrected chi connectivity index (χ3v) is 4.31. The highest BCUT2D eigenvalue weighted by Crippen LogP contribution is 2.21. The van der Waals surface area contributed by atoms with E-state index in [-0.39, 0.29) is 12.1 Å². The molecule has 0 bridgehead atoms. The number of alkyl carbamates (subject to hydrolysis) is 1. The van der Waals surface area contributed by atoms with E-state index in [2.05, 4.69) is 15.3 Å². The summed E-state index contributed by atoms with van der Waals surface area (Å²) < 4.78 is 16.4. The summed E-state index contributed by atoms with van der Waals surface area (Å²) >= 11 is 0. The van der Waals surface area contributed by atoms with Crippen molar-refractivity contribution in [2.75, 3.05) is 13.7 Å². The monoisotopic (exact) mass is 385 g/mol. The molecular formula is C21H27N3O4. The number of nitrogens with zero attached hydrogens (tertiary/aromatic N) is 2. The second-order valence-electron chi connectivity index (χ2n) is 7.78. The molecule has 7 nitrogen and oxygen atoms in total. The standard InChI is InChI=1S/C21H27N3O4/c1-21(2,3)28-20(25)23-15-9-11-16(27-13-15)10-8-14-6-5-7-17-19(14)24-18(26-4)12-22-17/h5-8,10,12,15-16H,9,11,13H2,1-4H3,(H,23,25)/t15-,16-/m1/s1. The van der Waals surface area contributed by atoms with Crippen molar-refractivity contribution >= 4 is 23.2 Å². The average Bonchev–Trinajstić information content (AvgIpc) is 2.65. The van der Waals surface area contributed by atoms with Crippen LogP contribution in [-0.4, -0.2) is 47.5 Å². The highest BCUT2D eigenvalue weighted by molar-refractivity contribution is 5.84. The van der Waals surface area contributed by atoms with Gasteiger partial charge < -0.3 is 19.5 Å². The number of ether oxygens (including phenoxy) is 3. The van der Waals surface area contributed by atoms with Crippen LogP contribution in [0.1, 0.15) is 39.2 Å². The molecule has 0 unspecified atom stereocenters. The number of aromatic nitrogens is 2. The Bertz CT molecular complexity index is 852. The summed E-state index contributed by atoms with van der Waals surface area (Å²) in [7, 11) is 1.58. The molecule has 7 heteroatoms. The number of hydrogen-bond donors (Lipinski definition) is 1. The van der Waals surface area contributed by atoms with Gasteiger partial charge in [-0.2, -0.15) is 0 Å². The predicted octanol–water partition coefficient (Wildman–Crippen LogP) is 3.72. The Labute approximate surface area is 165 Å². The number of carbonyl (C=O) groups excluding carboxylic acids is 1. The van der Waals surface area contributed by atoms with Crippen molar-refractivity contribution < 1.29 is 19.0 Å². The van der Waals surface area contributed by atoms with Gasteiger partial charge in [0, 0.05) is 5.56 Å². The number of carbonyl (C=O) groups is 1. The molecule has 1 fully saturated rings. The van der Waals surface area contributed by atoms with Crippen LogP contribution in [0.15, 0.2) is 30.5 Å². The minimum absolute atomic E-state index is 0.00879. The minimum atomic E-state index is -0.505. The molecule has 2 atom stereocenters. The zero-order valence-corrected chi connectivity index (χ0v) is 16.8. The summed E-state index contributed by atoms with van der Waals surface area (Å²) in [6.07, 6.45) is 6.87. The quantitative estimate of drug-likeness (QED) is 0.864. The molecule has 0 radical (unpaired) electrons. The molecule has 150 valence electrons. The Hall–Kier alpha value is -2.67. The van der Waals surface area contributed by atoms with E-state index in [4.69, 9.17) is 14.2 Å². The van der Waals surface area contributed by atoms with Gasteiger partial charge in [-0.1, -0.05) is 24.3 Å². The Kier molecular flexibility index (Phi) is 6.14. The van der Waals surface area contributed by atoms with Gasteiger partial charge in [0.1, 0.15) is 5.60 Å². The molecule has 1 aliphatic heterocycles. The van der Waals surface area contributed by atoms with Crippen LogP contribution in [0, 0.1) is 0 Å². The van der Waals surface area contributed by atoms with Crippen molar-refractivity contribution in [3.63, 3.8) is 0 Å². The van der Waals surface area contributed by atoms with Gasteiger partial charge in [0.15, 0.2) is 0 Å². The molecular weight excluding hydrogens is 358 g/mol. The Morgan fingerprint density at radius 3 is 2.82 bits per heavy atom. The van der Waals surface area contributed by atoms with Crippen molar-refractivity contribution in [1.82, 2.24) is 15.3 Å². The normalized spacial score (nSPS) is 20.3. The van der Waals surface area contributed by atoms with Gasteiger partial charge in [0.05, 0.1) is 43.1 Å². The molecule has 1 N–H and O–H groups in total. The van der Waals surface area contributed by atoms with Crippen LogP contribution < -0.4 is 10.1 Å². The lowest BCUT2D eigenvalue weighted by atomic mass is 10.0. The molecule has 1 aliphatic rings. The van der Waals surface area contributed by atoms with Crippen LogP contribution in [0.4, 0.5) is 4.79 Å². The Morgan fingerprint density at radius 2 is 2.14 bits per heavy atom. The molecule has 0 aliphatic carbocycles. The molecule has 0 spiro atoms. The first-order chi connectivity index (χ1) is 13.3. The number of para-hydroxylation sites is 1. The second-order valence-corrected chi connectivity index (χ2v) is 7.78. The number of rotatable bonds is 4. The fourth-order valence-corrected chi connectivity index (χ4v) is 2.99. The topological polar surface area (TPSA) is 82.6 Å². The summed E-state index contributed by atoms with van der Waals surface area (Å²) in [6, 6.07) is 5.82. The molecule has 2 heterocycles. The fourth-order valence-electron chi connectivity index (χ4n) is 2.99. The van der Waals surface area contributed by atoms with E-state index < -0.39 is 11.7 Å². The van der Waals surface area contributed by atoms with E-state index in [1.807, 2.05) is 51.1 Å². The van der Waals surface area contributed by atoms with Crippen LogP contribution in [0.25, 0.3) is 17.1 Å². The van der Waals surface area contributed by atoms with Crippen molar-refractivity contribution in [3.05, 3.63) is 36.0 Å². The maximum atomic E-state index is 11.9. The second kappa shape index (κ2) is 8.56. The third kappa shape index (κ3) is 5.42. The van der Waals surface area contributed by atoms with E-state index in [1.165, 1.54) is 0 Å². The van der Waals surface area contributed by atoms with Gasteiger partial charge in [-0.25, -0.2) is 14.8 Å². The first-order valence-corrected chi connectivity index (χ1v) is 9.43. The van der Waals surface area contributed by atoms with Crippen molar-refractivity contribution in [2.24, 2.45) is 0 Å². The average molecular weight is 385 g/mol. The molecule has 1 aromatic heterocycles. The van der Waals surface area contributed by atoms with Crippen molar-refractivity contribution in [1.29, 1.82) is 0 Å². The largest absolute Gasteiger partial charge is 0.480 e. The van der Waals surface area contributed by atoms with Crippen LogP contribution in [0.2, 0.25) is 0 Å². The maximum Gasteiger partial charge on any atom is 0.407 e. The predicted molar refractivity (Wildman–Crippen MR) is 107 cm³/mol. The highest BCUT2D eigenvalue weighted by Gasteiger charge is 2.24. The number of nitrogens with one attached hydrogen (secondary N) is 1. The van der Waals surface area contributed by atoms with Crippen molar-refractivity contribution in [2.45, 2.75) is 51.4 Å². The SMILES string of the molecule is COc1cnc2cccc(C=C[C@@H]3CC[C@@H](NC(=O)OC(C)(C)C)CO3)c2n1. The number of benzene rings is 1. The number of fused-ring (bicyclic) bond motifs is 1. The zero-order valence-electron chi connectivity index (χ0n) is 16.8. The lowest BCUT2D eigenvalue weighted by Gasteiger charge is -2.29. The molecule has 1 amide bonds. The first-order valence-electron chi connectivity index (χ1n) is 9.43. The first kappa shape index (κ1) is 20.1. The number of amides is 1. The van der Waals surface area contributed by atoms with E-state index in [0.717, 1.165) is 29.4 Å². The van der Waals surface area contributed by atoms with E-state index in [1.54, 1.807) is 13.3 Å². The number of methoxy groups -OCH3 is 1. The van der Waals surface area contributed by atoms with Gasteiger partial charge in [-0.05, 0) is 39.7 Å². The van der Waals surface area contributed by atoms with Gasteiger partial charge in [-0.15, -0.1) is 0 Å².